The zero-order valence-electron chi connectivity index (χ0n) is 11.9. The zero-order valence-corrected chi connectivity index (χ0v) is 11.9. The summed E-state index contributed by atoms with van der Waals surface area (Å²) in [5.41, 5.74) is 1.21. The molecule has 4 heteroatoms. The summed E-state index contributed by atoms with van der Waals surface area (Å²) in [6.07, 6.45) is 1.13. The molecule has 1 saturated heterocycles. The third-order valence-electron chi connectivity index (χ3n) is 3.57. The lowest BCUT2D eigenvalue weighted by Crippen LogP contribution is -2.35. The Morgan fingerprint density at radius 2 is 2.26 bits per heavy atom. The molecular formula is C15H24N2O2. The maximum absolute atomic E-state index is 5.90. The summed E-state index contributed by atoms with van der Waals surface area (Å²) >= 11 is 0. The summed E-state index contributed by atoms with van der Waals surface area (Å²) in [7, 11) is 4.09. The average molecular weight is 264 g/mol. The Hall–Kier alpha value is -1.10. The molecule has 1 aliphatic rings. The minimum absolute atomic E-state index is 0.552. The molecule has 106 valence electrons. The average Bonchev–Trinajstić information content (AvgIpc) is 2.95. The van der Waals surface area contributed by atoms with Gasteiger partial charge in [-0.1, -0.05) is 18.2 Å². The zero-order chi connectivity index (χ0) is 13.5. The Kier molecular flexibility index (Phi) is 5.63. The molecule has 0 spiro atoms. The standard InChI is InChI=1S/C15H24N2O2/c1-16-11-13-5-3-4-6-15(13)19-10-8-17(2)14-7-9-18-12-14/h3-6,14,16H,7-12H2,1-2H3. The topological polar surface area (TPSA) is 33.7 Å². The van der Waals surface area contributed by atoms with E-state index in [9.17, 15) is 0 Å². The summed E-state index contributed by atoms with van der Waals surface area (Å²) in [5, 5.41) is 3.16. The van der Waals surface area contributed by atoms with E-state index < -0.39 is 0 Å². The van der Waals surface area contributed by atoms with E-state index >= 15 is 0 Å². The Morgan fingerprint density at radius 3 is 3.00 bits per heavy atom. The first-order valence-electron chi connectivity index (χ1n) is 6.94. The highest BCUT2D eigenvalue weighted by atomic mass is 16.5. The Morgan fingerprint density at radius 1 is 1.42 bits per heavy atom. The fraction of sp³-hybridized carbons (Fsp3) is 0.600. The van der Waals surface area contributed by atoms with Crippen molar-refractivity contribution < 1.29 is 9.47 Å². The molecule has 1 N–H and O–H groups in total. The van der Waals surface area contributed by atoms with E-state index in [1.54, 1.807) is 0 Å². The number of benzene rings is 1. The molecule has 0 amide bonds. The summed E-state index contributed by atoms with van der Waals surface area (Å²) in [6.45, 7) is 4.23. The molecule has 1 atom stereocenters. The molecule has 1 aromatic rings. The molecule has 2 rings (SSSR count). The van der Waals surface area contributed by atoms with Crippen LogP contribution in [0.5, 0.6) is 5.75 Å². The fourth-order valence-corrected chi connectivity index (χ4v) is 2.33. The van der Waals surface area contributed by atoms with Gasteiger partial charge in [0.1, 0.15) is 12.4 Å². The van der Waals surface area contributed by atoms with Crippen LogP contribution in [0.2, 0.25) is 0 Å². The summed E-state index contributed by atoms with van der Waals surface area (Å²) in [4.78, 5) is 2.33. The second-order valence-corrected chi connectivity index (χ2v) is 4.98. The van der Waals surface area contributed by atoms with Gasteiger partial charge in [0.2, 0.25) is 0 Å². The molecule has 1 unspecified atom stereocenters. The summed E-state index contributed by atoms with van der Waals surface area (Å²) < 4.78 is 11.3. The van der Waals surface area contributed by atoms with Gasteiger partial charge >= 0.3 is 0 Å². The largest absolute Gasteiger partial charge is 0.492 e. The number of likely N-dealkylation sites (N-methyl/N-ethyl adjacent to an activating group) is 1. The second kappa shape index (κ2) is 7.48. The van der Waals surface area contributed by atoms with E-state index in [0.717, 1.165) is 38.5 Å². The van der Waals surface area contributed by atoms with Gasteiger partial charge in [-0.3, -0.25) is 4.90 Å². The molecule has 0 aromatic heterocycles. The maximum Gasteiger partial charge on any atom is 0.123 e. The molecule has 1 heterocycles. The highest BCUT2D eigenvalue weighted by Crippen LogP contribution is 2.17. The Bertz CT molecular complexity index is 378. The van der Waals surface area contributed by atoms with E-state index in [4.69, 9.17) is 9.47 Å². The van der Waals surface area contributed by atoms with Crippen LogP contribution in [0.4, 0.5) is 0 Å². The van der Waals surface area contributed by atoms with Crippen molar-refractivity contribution in [3.05, 3.63) is 29.8 Å². The lowest BCUT2D eigenvalue weighted by molar-refractivity contribution is 0.146. The molecule has 1 aliphatic heterocycles. The minimum Gasteiger partial charge on any atom is -0.492 e. The number of rotatable bonds is 7. The van der Waals surface area contributed by atoms with Crippen molar-refractivity contribution >= 4 is 0 Å². The summed E-state index contributed by atoms with van der Waals surface area (Å²) in [5.74, 6) is 0.980. The van der Waals surface area contributed by atoms with Crippen LogP contribution in [0.15, 0.2) is 24.3 Å². The van der Waals surface area contributed by atoms with Crippen LogP contribution >= 0.6 is 0 Å². The van der Waals surface area contributed by atoms with E-state index in [-0.39, 0.29) is 0 Å². The molecule has 0 saturated carbocycles. The second-order valence-electron chi connectivity index (χ2n) is 4.98. The maximum atomic E-state index is 5.90. The van der Waals surface area contributed by atoms with Crippen LogP contribution in [0.25, 0.3) is 0 Å². The quantitative estimate of drug-likeness (QED) is 0.809. The first kappa shape index (κ1) is 14.3. The van der Waals surface area contributed by atoms with Crippen LogP contribution < -0.4 is 10.1 Å². The van der Waals surface area contributed by atoms with E-state index in [1.807, 2.05) is 25.2 Å². The highest BCUT2D eigenvalue weighted by molar-refractivity contribution is 5.33. The third kappa shape index (κ3) is 4.20. The smallest absolute Gasteiger partial charge is 0.123 e. The van der Waals surface area contributed by atoms with Crippen LogP contribution in [0, 0.1) is 0 Å². The van der Waals surface area contributed by atoms with Gasteiger partial charge in [0.05, 0.1) is 6.61 Å². The van der Waals surface area contributed by atoms with Crippen molar-refractivity contribution in [1.82, 2.24) is 10.2 Å². The SMILES string of the molecule is CNCc1ccccc1OCCN(C)C1CCOC1. The summed E-state index contributed by atoms with van der Waals surface area (Å²) in [6, 6.07) is 8.74. The fourth-order valence-electron chi connectivity index (χ4n) is 2.33. The molecule has 19 heavy (non-hydrogen) atoms. The van der Waals surface area contributed by atoms with Gasteiger partial charge in [-0.25, -0.2) is 0 Å². The van der Waals surface area contributed by atoms with Crippen molar-refractivity contribution in [2.45, 2.75) is 19.0 Å². The lowest BCUT2D eigenvalue weighted by atomic mass is 10.2. The number of nitrogens with one attached hydrogen (secondary N) is 1. The first-order valence-corrected chi connectivity index (χ1v) is 6.94. The molecule has 0 bridgehead atoms. The molecule has 0 aliphatic carbocycles. The van der Waals surface area contributed by atoms with Crippen molar-refractivity contribution in [3.8, 4) is 5.75 Å². The highest BCUT2D eigenvalue weighted by Gasteiger charge is 2.19. The van der Waals surface area contributed by atoms with Crippen LogP contribution in [-0.2, 0) is 11.3 Å². The van der Waals surface area contributed by atoms with E-state index in [1.165, 1.54) is 5.56 Å². The van der Waals surface area contributed by atoms with Crippen molar-refractivity contribution in [2.75, 3.05) is 40.5 Å². The molecule has 1 fully saturated rings. The van der Waals surface area contributed by atoms with Gasteiger partial charge in [-0.2, -0.15) is 0 Å². The molecule has 1 aromatic carbocycles. The molecule has 4 nitrogen and oxygen atoms in total. The number of hydrogen-bond acceptors (Lipinski definition) is 4. The number of para-hydroxylation sites is 1. The normalized spacial score (nSPS) is 19.0. The predicted octanol–water partition coefficient (Wildman–Crippen LogP) is 1.51. The van der Waals surface area contributed by atoms with Gasteiger partial charge in [0, 0.05) is 31.3 Å². The van der Waals surface area contributed by atoms with Crippen LogP contribution in [-0.4, -0.2) is 51.4 Å². The first-order chi connectivity index (χ1) is 9.31. The van der Waals surface area contributed by atoms with Gasteiger partial charge in [-0.05, 0) is 26.6 Å². The number of hydrogen-bond donors (Lipinski definition) is 1. The van der Waals surface area contributed by atoms with Gasteiger partial charge in [0.25, 0.3) is 0 Å². The Balaban J connectivity index is 1.78. The monoisotopic (exact) mass is 264 g/mol. The van der Waals surface area contributed by atoms with Gasteiger partial charge in [0.15, 0.2) is 0 Å². The molecular weight excluding hydrogens is 240 g/mol. The Labute approximate surface area is 115 Å². The van der Waals surface area contributed by atoms with Crippen LogP contribution in [0.3, 0.4) is 0 Å². The number of ether oxygens (including phenoxy) is 2. The van der Waals surface area contributed by atoms with Crippen molar-refractivity contribution in [3.63, 3.8) is 0 Å². The van der Waals surface area contributed by atoms with Gasteiger partial charge in [-0.15, -0.1) is 0 Å². The molecule has 0 radical (unpaired) electrons. The van der Waals surface area contributed by atoms with Crippen LogP contribution in [0.1, 0.15) is 12.0 Å². The minimum atomic E-state index is 0.552. The van der Waals surface area contributed by atoms with E-state index in [0.29, 0.717) is 12.6 Å². The number of nitrogens with zero attached hydrogens (tertiary/aromatic N) is 1. The van der Waals surface area contributed by atoms with Gasteiger partial charge < -0.3 is 14.8 Å². The third-order valence-corrected chi connectivity index (χ3v) is 3.57. The van der Waals surface area contributed by atoms with E-state index in [2.05, 4.69) is 23.3 Å². The van der Waals surface area contributed by atoms with Crippen molar-refractivity contribution in [1.29, 1.82) is 0 Å². The van der Waals surface area contributed by atoms with Crippen molar-refractivity contribution in [2.24, 2.45) is 0 Å². The predicted molar refractivity (Wildman–Crippen MR) is 76.6 cm³/mol. The lowest BCUT2D eigenvalue weighted by Gasteiger charge is -2.23.